The van der Waals surface area contributed by atoms with Crippen molar-refractivity contribution < 1.29 is 22.8 Å². The Morgan fingerprint density at radius 2 is 1.73 bits per heavy atom. The van der Waals surface area contributed by atoms with Crippen LogP contribution in [0.2, 0.25) is 0 Å². The van der Waals surface area contributed by atoms with Crippen molar-refractivity contribution in [1.82, 2.24) is 0 Å². The van der Waals surface area contributed by atoms with Crippen LogP contribution >= 0.6 is 0 Å². The summed E-state index contributed by atoms with van der Waals surface area (Å²) in [5.74, 6) is 0.988. The summed E-state index contributed by atoms with van der Waals surface area (Å²) in [6.07, 6.45) is 0. The predicted octanol–water partition coefficient (Wildman–Crippen LogP) is 2.12. The lowest BCUT2D eigenvalue weighted by atomic mass is 10.3. The fourth-order valence-corrected chi connectivity index (χ4v) is 2.97. The lowest BCUT2D eigenvalue weighted by Crippen LogP contribution is -2.12. The molecule has 0 amide bonds. The van der Waals surface area contributed by atoms with Gasteiger partial charge in [-0.25, -0.2) is 8.42 Å². The number of nitro groups is 1. The average Bonchev–Trinajstić information content (AvgIpc) is 2.94. The van der Waals surface area contributed by atoms with Crippen molar-refractivity contribution in [3.05, 3.63) is 52.6 Å². The van der Waals surface area contributed by atoms with E-state index in [0.29, 0.717) is 17.2 Å². The molecule has 8 nitrogen and oxygen atoms in total. The fraction of sp³-hybridized carbons (Fsp3) is 0.0769. The Kier molecular flexibility index (Phi) is 3.33. The third-order valence-corrected chi connectivity index (χ3v) is 4.38. The van der Waals surface area contributed by atoms with Crippen LogP contribution in [-0.2, 0) is 10.0 Å². The molecule has 1 aliphatic rings. The van der Waals surface area contributed by atoms with E-state index in [2.05, 4.69) is 4.72 Å². The molecule has 0 spiro atoms. The van der Waals surface area contributed by atoms with E-state index < -0.39 is 14.9 Å². The molecule has 0 unspecified atom stereocenters. The lowest BCUT2D eigenvalue weighted by Gasteiger charge is -2.08. The van der Waals surface area contributed by atoms with Gasteiger partial charge in [0.25, 0.3) is 15.7 Å². The normalized spacial score (nSPS) is 12.9. The molecular formula is C13H10N2O6S. The first kappa shape index (κ1) is 14.1. The van der Waals surface area contributed by atoms with Crippen molar-refractivity contribution in [2.75, 3.05) is 11.5 Å². The molecule has 0 saturated carbocycles. The van der Waals surface area contributed by atoms with Crippen molar-refractivity contribution in [2.45, 2.75) is 4.90 Å². The van der Waals surface area contributed by atoms with E-state index in [1.807, 2.05) is 0 Å². The SMILES string of the molecule is O=[N+]([O-])c1ccc(S(=O)(=O)Nc2ccc3c(c2)OCO3)cc1. The summed E-state index contributed by atoms with van der Waals surface area (Å²) >= 11 is 0. The smallest absolute Gasteiger partial charge is 0.269 e. The summed E-state index contributed by atoms with van der Waals surface area (Å²) in [5, 5.41) is 10.6. The van der Waals surface area contributed by atoms with E-state index in [1.165, 1.54) is 24.3 Å². The summed E-state index contributed by atoms with van der Waals surface area (Å²) in [6, 6.07) is 9.25. The molecule has 3 rings (SSSR count). The number of hydrogen-bond acceptors (Lipinski definition) is 6. The highest BCUT2D eigenvalue weighted by atomic mass is 32.2. The minimum Gasteiger partial charge on any atom is -0.454 e. The summed E-state index contributed by atoms with van der Waals surface area (Å²) < 4.78 is 37.1. The quantitative estimate of drug-likeness (QED) is 0.682. The topological polar surface area (TPSA) is 108 Å². The second kappa shape index (κ2) is 5.19. The Morgan fingerprint density at radius 3 is 2.41 bits per heavy atom. The Bertz CT molecular complexity index is 832. The zero-order chi connectivity index (χ0) is 15.7. The molecule has 2 aromatic carbocycles. The molecule has 0 fully saturated rings. The number of nitrogens with one attached hydrogen (secondary N) is 1. The monoisotopic (exact) mass is 322 g/mol. The molecule has 1 heterocycles. The van der Waals surface area contributed by atoms with Gasteiger partial charge in [0.1, 0.15) is 0 Å². The van der Waals surface area contributed by atoms with E-state index in [4.69, 9.17) is 9.47 Å². The highest BCUT2D eigenvalue weighted by Gasteiger charge is 2.18. The maximum absolute atomic E-state index is 12.2. The summed E-state index contributed by atoms with van der Waals surface area (Å²) in [7, 11) is -3.84. The van der Waals surface area contributed by atoms with Gasteiger partial charge in [0, 0.05) is 18.2 Å². The summed E-state index contributed by atoms with van der Waals surface area (Å²) in [4.78, 5) is 9.91. The maximum atomic E-state index is 12.2. The van der Waals surface area contributed by atoms with Gasteiger partial charge in [0.2, 0.25) is 6.79 Å². The second-order valence-corrected chi connectivity index (χ2v) is 6.11. The Morgan fingerprint density at radius 1 is 1.05 bits per heavy atom. The van der Waals surface area contributed by atoms with Crippen LogP contribution in [0.4, 0.5) is 11.4 Å². The highest BCUT2D eigenvalue weighted by molar-refractivity contribution is 7.92. The number of fused-ring (bicyclic) bond motifs is 1. The van der Waals surface area contributed by atoms with E-state index >= 15 is 0 Å². The maximum Gasteiger partial charge on any atom is 0.269 e. The number of nitrogens with zero attached hydrogens (tertiary/aromatic N) is 1. The van der Waals surface area contributed by atoms with Crippen LogP contribution in [0, 0.1) is 10.1 Å². The van der Waals surface area contributed by atoms with Crippen LogP contribution in [0.3, 0.4) is 0 Å². The molecule has 22 heavy (non-hydrogen) atoms. The molecule has 0 aliphatic carbocycles. The van der Waals surface area contributed by atoms with Gasteiger partial charge in [-0.15, -0.1) is 0 Å². The minimum atomic E-state index is -3.84. The van der Waals surface area contributed by atoms with Crippen LogP contribution in [0.1, 0.15) is 0 Å². The van der Waals surface area contributed by atoms with Crippen molar-refractivity contribution in [1.29, 1.82) is 0 Å². The van der Waals surface area contributed by atoms with Crippen LogP contribution in [0.25, 0.3) is 0 Å². The van der Waals surface area contributed by atoms with Gasteiger partial charge in [0.05, 0.1) is 15.5 Å². The number of benzene rings is 2. The third kappa shape index (κ3) is 2.66. The Labute approximate surface area is 125 Å². The molecule has 1 aliphatic heterocycles. The molecule has 0 atom stereocenters. The third-order valence-electron chi connectivity index (χ3n) is 2.98. The number of ether oxygens (including phenoxy) is 2. The van der Waals surface area contributed by atoms with Crippen molar-refractivity contribution in [3.8, 4) is 11.5 Å². The van der Waals surface area contributed by atoms with Gasteiger partial charge < -0.3 is 9.47 Å². The van der Waals surface area contributed by atoms with Crippen molar-refractivity contribution >= 4 is 21.4 Å². The molecule has 0 saturated heterocycles. The molecule has 9 heteroatoms. The molecule has 0 aromatic heterocycles. The number of rotatable bonds is 4. The van der Waals surface area contributed by atoms with Gasteiger partial charge in [0.15, 0.2) is 11.5 Å². The number of anilines is 1. The van der Waals surface area contributed by atoms with Crippen LogP contribution in [0.5, 0.6) is 11.5 Å². The zero-order valence-electron chi connectivity index (χ0n) is 11.1. The Balaban J connectivity index is 1.85. The van der Waals surface area contributed by atoms with E-state index in [9.17, 15) is 18.5 Å². The van der Waals surface area contributed by atoms with Crippen molar-refractivity contribution in [2.24, 2.45) is 0 Å². The summed E-state index contributed by atoms with van der Waals surface area (Å²) in [5.41, 5.74) is 0.129. The molecule has 114 valence electrons. The first-order valence-corrected chi connectivity index (χ1v) is 7.61. The largest absolute Gasteiger partial charge is 0.454 e. The first-order chi connectivity index (χ1) is 10.5. The van der Waals surface area contributed by atoms with E-state index in [0.717, 1.165) is 12.1 Å². The van der Waals surface area contributed by atoms with Gasteiger partial charge in [-0.2, -0.15) is 0 Å². The number of nitro benzene ring substituents is 1. The molecule has 0 radical (unpaired) electrons. The van der Waals surface area contributed by atoms with Gasteiger partial charge in [-0.3, -0.25) is 14.8 Å². The average molecular weight is 322 g/mol. The van der Waals surface area contributed by atoms with E-state index in [-0.39, 0.29) is 17.4 Å². The number of hydrogen-bond donors (Lipinski definition) is 1. The van der Waals surface area contributed by atoms with E-state index in [1.54, 1.807) is 6.07 Å². The van der Waals surface area contributed by atoms with Crippen LogP contribution < -0.4 is 14.2 Å². The van der Waals surface area contributed by atoms with Gasteiger partial charge in [-0.1, -0.05) is 0 Å². The predicted molar refractivity (Wildman–Crippen MR) is 76.5 cm³/mol. The Hall–Kier alpha value is -2.81. The van der Waals surface area contributed by atoms with Crippen LogP contribution in [-0.4, -0.2) is 20.1 Å². The highest BCUT2D eigenvalue weighted by Crippen LogP contribution is 2.34. The number of sulfonamides is 1. The fourth-order valence-electron chi connectivity index (χ4n) is 1.92. The lowest BCUT2D eigenvalue weighted by molar-refractivity contribution is -0.384. The molecule has 2 aromatic rings. The standard InChI is InChI=1S/C13H10N2O6S/c16-15(17)10-2-4-11(5-3-10)22(18,19)14-9-1-6-12-13(7-9)21-8-20-12/h1-7,14H,8H2. The molecule has 1 N–H and O–H groups in total. The van der Waals surface area contributed by atoms with Gasteiger partial charge in [-0.05, 0) is 24.3 Å². The zero-order valence-corrected chi connectivity index (χ0v) is 11.9. The number of non-ortho nitro benzene ring substituents is 1. The first-order valence-electron chi connectivity index (χ1n) is 6.13. The molecular weight excluding hydrogens is 312 g/mol. The van der Waals surface area contributed by atoms with Gasteiger partial charge >= 0.3 is 0 Å². The van der Waals surface area contributed by atoms with Crippen LogP contribution in [0.15, 0.2) is 47.4 Å². The molecule has 0 bridgehead atoms. The van der Waals surface area contributed by atoms with Crippen molar-refractivity contribution in [3.63, 3.8) is 0 Å². The summed E-state index contributed by atoms with van der Waals surface area (Å²) in [6.45, 7) is 0.0912. The second-order valence-electron chi connectivity index (χ2n) is 4.42. The minimum absolute atomic E-state index is 0.0734.